The van der Waals surface area contributed by atoms with E-state index in [2.05, 4.69) is 13.8 Å². The van der Waals surface area contributed by atoms with Crippen LogP contribution in [0.15, 0.2) is 16.5 Å². The fourth-order valence-electron chi connectivity index (χ4n) is 3.28. The molecule has 1 amide bonds. The zero-order valence-corrected chi connectivity index (χ0v) is 13.5. The predicted molar refractivity (Wildman–Crippen MR) is 83.6 cm³/mol. The van der Waals surface area contributed by atoms with Crippen molar-refractivity contribution in [3.8, 4) is 0 Å². The van der Waals surface area contributed by atoms with Crippen LogP contribution in [0.25, 0.3) is 0 Å². The lowest BCUT2D eigenvalue weighted by Gasteiger charge is -2.35. The van der Waals surface area contributed by atoms with Gasteiger partial charge in [0.15, 0.2) is 0 Å². The maximum Gasteiger partial charge on any atom is 0.226 e. The van der Waals surface area contributed by atoms with E-state index >= 15 is 0 Å². The summed E-state index contributed by atoms with van der Waals surface area (Å²) in [5, 5.41) is 0. The largest absolute Gasteiger partial charge is 0.464 e. The summed E-state index contributed by atoms with van der Waals surface area (Å²) in [5.41, 5.74) is 5.87. The van der Waals surface area contributed by atoms with Gasteiger partial charge in [-0.25, -0.2) is 0 Å². The molecule has 4 nitrogen and oxygen atoms in total. The highest BCUT2D eigenvalue weighted by molar-refractivity contribution is 5.79. The van der Waals surface area contributed by atoms with Crippen LogP contribution in [0.4, 0.5) is 0 Å². The van der Waals surface area contributed by atoms with Gasteiger partial charge in [0.05, 0.1) is 6.54 Å². The highest BCUT2D eigenvalue weighted by Crippen LogP contribution is 2.31. The molecule has 2 N–H and O–H groups in total. The molecule has 4 heteroatoms. The lowest BCUT2D eigenvalue weighted by atomic mass is 9.78. The first-order valence-electron chi connectivity index (χ1n) is 8.08. The molecule has 21 heavy (non-hydrogen) atoms. The molecule has 1 heterocycles. The second kappa shape index (κ2) is 7.12. The zero-order valence-electron chi connectivity index (χ0n) is 13.5. The van der Waals surface area contributed by atoms with Crippen molar-refractivity contribution >= 4 is 5.91 Å². The highest BCUT2D eigenvalue weighted by Gasteiger charge is 2.34. The Kier molecular flexibility index (Phi) is 5.45. The number of hydrogen-bond donors (Lipinski definition) is 1. The summed E-state index contributed by atoms with van der Waals surface area (Å²) in [7, 11) is 0. The third-order valence-electron chi connectivity index (χ3n) is 4.56. The molecule has 2 unspecified atom stereocenters. The van der Waals surface area contributed by atoms with E-state index < -0.39 is 0 Å². The van der Waals surface area contributed by atoms with Gasteiger partial charge in [0.2, 0.25) is 5.91 Å². The van der Waals surface area contributed by atoms with Crippen molar-refractivity contribution in [1.29, 1.82) is 0 Å². The van der Waals surface area contributed by atoms with Crippen LogP contribution in [-0.4, -0.2) is 23.4 Å². The Balaban J connectivity index is 2.11. The van der Waals surface area contributed by atoms with Gasteiger partial charge in [-0.3, -0.25) is 4.79 Å². The molecule has 0 spiro atoms. The van der Waals surface area contributed by atoms with Crippen molar-refractivity contribution in [3.63, 3.8) is 0 Å². The Bertz CT molecular complexity index is 467. The Morgan fingerprint density at radius 1 is 1.38 bits per heavy atom. The van der Waals surface area contributed by atoms with Crippen LogP contribution < -0.4 is 5.73 Å². The summed E-state index contributed by atoms with van der Waals surface area (Å²) < 4.78 is 5.64. The minimum absolute atomic E-state index is 0.0854. The van der Waals surface area contributed by atoms with Crippen LogP contribution in [-0.2, 0) is 11.3 Å². The van der Waals surface area contributed by atoms with Gasteiger partial charge in [-0.15, -0.1) is 0 Å². The van der Waals surface area contributed by atoms with Gasteiger partial charge in [0, 0.05) is 12.0 Å². The number of carbonyl (C=O) groups excluding carboxylic acids is 1. The minimum Gasteiger partial charge on any atom is -0.464 e. The van der Waals surface area contributed by atoms with Crippen molar-refractivity contribution in [3.05, 3.63) is 23.7 Å². The summed E-state index contributed by atoms with van der Waals surface area (Å²) in [5.74, 6) is 2.41. The van der Waals surface area contributed by atoms with Crippen molar-refractivity contribution in [2.24, 2.45) is 17.6 Å². The van der Waals surface area contributed by atoms with Gasteiger partial charge in [-0.2, -0.15) is 0 Å². The molecule has 1 aliphatic carbocycles. The molecular weight excluding hydrogens is 264 g/mol. The van der Waals surface area contributed by atoms with Gasteiger partial charge >= 0.3 is 0 Å². The molecule has 0 bridgehead atoms. The van der Waals surface area contributed by atoms with E-state index in [1.165, 1.54) is 6.42 Å². The molecule has 1 fully saturated rings. The fourth-order valence-corrected chi connectivity index (χ4v) is 3.28. The summed E-state index contributed by atoms with van der Waals surface area (Å²) in [4.78, 5) is 14.9. The normalized spacial score (nSPS) is 22.5. The van der Waals surface area contributed by atoms with Gasteiger partial charge in [-0.05, 0) is 58.2 Å². The molecule has 0 aromatic carbocycles. The minimum atomic E-state index is 0.0854. The number of furan rings is 1. The molecule has 0 aliphatic heterocycles. The van der Waals surface area contributed by atoms with E-state index in [1.807, 2.05) is 24.0 Å². The van der Waals surface area contributed by atoms with E-state index in [1.54, 1.807) is 0 Å². The van der Waals surface area contributed by atoms with Crippen LogP contribution in [0.3, 0.4) is 0 Å². The van der Waals surface area contributed by atoms with Crippen LogP contribution in [0.2, 0.25) is 0 Å². The standard InChI is InChI=1S/C17H28N2O2/c1-12(2)19(11-15-9-8-13(3)21-15)17(20)16-7-5-4-6-14(16)10-18/h8-9,12,14,16H,4-7,10-11,18H2,1-3H3. The van der Waals surface area contributed by atoms with E-state index in [0.717, 1.165) is 30.8 Å². The summed E-state index contributed by atoms with van der Waals surface area (Å²) in [6.07, 6.45) is 4.39. The van der Waals surface area contributed by atoms with E-state index in [9.17, 15) is 4.79 Å². The lowest BCUT2D eigenvalue weighted by Crippen LogP contribution is -2.44. The molecule has 2 rings (SSSR count). The van der Waals surface area contributed by atoms with Crippen molar-refractivity contribution in [2.45, 2.75) is 59.0 Å². The number of carbonyl (C=O) groups is 1. The molecule has 0 saturated heterocycles. The van der Waals surface area contributed by atoms with Crippen LogP contribution in [0.1, 0.15) is 51.1 Å². The number of nitrogens with two attached hydrogens (primary N) is 1. The smallest absolute Gasteiger partial charge is 0.226 e. The maximum atomic E-state index is 12.9. The summed E-state index contributed by atoms with van der Waals surface area (Å²) in [6.45, 7) is 7.22. The van der Waals surface area contributed by atoms with Crippen molar-refractivity contribution < 1.29 is 9.21 Å². The van der Waals surface area contributed by atoms with Gasteiger partial charge < -0.3 is 15.1 Å². The predicted octanol–water partition coefficient (Wildman–Crippen LogP) is 3.09. The Labute approximate surface area is 127 Å². The molecule has 118 valence electrons. The number of amides is 1. The summed E-state index contributed by atoms with van der Waals surface area (Å²) in [6, 6.07) is 4.07. The fraction of sp³-hybridized carbons (Fsp3) is 0.706. The molecule has 1 saturated carbocycles. The third-order valence-corrected chi connectivity index (χ3v) is 4.56. The van der Waals surface area contributed by atoms with Gasteiger partial charge in [0.1, 0.15) is 11.5 Å². The topological polar surface area (TPSA) is 59.5 Å². The Morgan fingerprint density at radius 2 is 2.10 bits per heavy atom. The van der Waals surface area contributed by atoms with Crippen molar-refractivity contribution in [1.82, 2.24) is 4.90 Å². The third kappa shape index (κ3) is 3.88. The first-order chi connectivity index (χ1) is 10.0. The Hall–Kier alpha value is -1.29. The average Bonchev–Trinajstić information content (AvgIpc) is 2.89. The molecule has 1 aromatic rings. The second-order valence-corrected chi connectivity index (χ2v) is 6.46. The van der Waals surface area contributed by atoms with E-state index in [-0.39, 0.29) is 17.9 Å². The van der Waals surface area contributed by atoms with Crippen molar-refractivity contribution in [2.75, 3.05) is 6.54 Å². The lowest BCUT2D eigenvalue weighted by molar-refractivity contribution is -0.141. The van der Waals surface area contributed by atoms with Crippen LogP contribution >= 0.6 is 0 Å². The van der Waals surface area contributed by atoms with E-state index in [4.69, 9.17) is 10.2 Å². The monoisotopic (exact) mass is 292 g/mol. The molecular formula is C17H28N2O2. The highest BCUT2D eigenvalue weighted by atomic mass is 16.3. The maximum absolute atomic E-state index is 12.9. The first kappa shape index (κ1) is 16.1. The number of rotatable bonds is 5. The second-order valence-electron chi connectivity index (χ2n) is 6.46. The SMILES string of the molecule is Cc1ccc(CN(C(=O)C2CCCCC2CN)C(C)C)o1. The quantitative estimate of drug-likeness (QED) is 0.907. The number of nitrogens with zero attached hydrogens (tertiary/aromatic N) is 1. The average molecular weight is 292 g/mol. The molecule has 0 radical (unpaired) electrons. The number of aryl methyl sites for hydroxylation is 1. The van der Waals surface area contributed by atoms with Crippen LogP contribution in [0.5, 0.6) is 0 Å². The van der Waals surface area contributed by atoms with Gasteiger partial charge in [0.25, 0.3) is 0 Å². The first-order valence-corrected chi connectivity index (χ1v) is 8.08. The van der Waals surface area contributed by atoms with E-state index in [0.29, 0.717) is 19.0 Å². The van der Waals surface area contributed by atoms with Gasteiger partial charge in [-0.1, -0.05) is 12.8 Å². The Morgan fingerprint density at radius 3 is 2.67 bits per heavy atom. The summed E-state index contributed by atoms with van der Waals surface area (Å²) >= 11 is 0. The molecule has 2 atom stereocenters. The number of hydrogen-bond acceptors (Lipinski definition) is 3. The zero-order chi connectivity index (χ0) is 15.4. The van der Waals surface area contributed by atoms with Crippen LogP contribution in [0, 0.1) is 18.8 Å². The molecule has 1 aliphatic rings. The molecule has 1 aromatic heterocycles.